The first-order valence-electron chi connectivity index (χ1n) is 12.5. The molecule has 8 nitrogen and oxygen atoms in total. The molecule has 1 saturated heterocycles. The van der Waals surface area contributed by atoms with E-state index in [9.17, 15) is 14.7 Å². The van der Waals surface area contributed by atoms with Crippen LogP contribution < -0.4 is 20.5 Å². The Morgan fingerprint density at radius 3 is 2.69 bits per heavy atom. The summed E-state index contributed by atoms with van der Waals surface area (Å²) in [5.74, 6) is 0.741. The van der Waals surface area contributed by atoms with Gasteiger partial charge in [-0.15, -0.1) is 0 Å². The summed E-state index contributed by atoms with van der Waals surface area (Å²) in [5, 5.41) is 14.1. The molecule has 1 aliphatic carbocycles. The van der Waals surface area contributed by atoms with Gasteiger partial charge in [0.1, 0.15) is 12.4 Å². The normalized spacial score (nSPS) is 24.7. The van der Waals surface area contributed by atoms with E-state index >= 15 is 0 Å². The maximum atomic E-state index is 13.6. The molecule has 2 aliphatic heterocycles. The summed E-state index contributed by atoms with van der Waals surface area (Å²) in [7, 11) is 0. The zero-order valence-electron chi connectivity index (χ0n) is 20.2. The SMILES string of the molecule is CC1(O)CC(n2c(=O)cnc3cc(OCCN4C(=O)C5(CCNCC5)c5cc(Cl)ccc54)ccc32)C1. The second kappa shape index (κ2) is 8.57. The Balaban J connectivity index is 1.20. The maximum absolute atomic E-state index is 13.6. The molecule has 9 heteroatoms. The molecule has 2 aromatic carbocycles. The lowest BCUT2D eigenvalue weighted by molar-refractivity contribution is -0.124. The van der Waals surface area contributed by atoms with E-state index in [2.05, 4.69) is 10.3 Å². The fourth-order valence-corrected chi connectivity index (χ4v) is 6.32. The molecule has 1 spiro atoms. The molecule has 36 heavy (non-hydrogen) atoms. The van der Waals surface area contributed by atoms with Gasteiger partial charge in [-0.05, 0) is 81.6 Å². The van der Waals surface area contributed by atoms with Crippen LogP contribution in [0, 0.1) is 0 Å². The zero-order valence-corrected chi connectivity index (χ0v) is 20.9. The van der Waals surface area contributed by atoms with E-state index in [1.54, 1.807) is 11.5 Å². The molecular weight excluding hydrogens is 480 g/mol. The number of halogens is 1. The van der Waals surface area contributed by atoms with Gasteiger partial charge in [-0.2, -0.15) is 0 Å². The highest BCUT2D eigenvalue weighted by atomic mass is 35.5. The Kier molecular flexibility index (Phi) is 5.59. The van der Waals surface area contributed by atoms with Crippen molar-refractivity contribution >= 4 is 34.2 Å². The lowest BCUT2D eigenvalue weighted by Gasteiger charge is -2.42. The number of aromatic nitrogens is 2. The first-order chi connectivity index (χ1) is 17.3. The topological polar surface area (TPSA) is 96.7 Å². The van der Waals surface area contributed by atoms with Gasteiger partial charge in [0.2, 0.25) is 5.91 Å². The molecule has 1 aromatic heterocycles. The van der Waals surface area contributed by atoms with Crippen LogP contribution in [0.5, 0.6) is 5.75 Å². The summed E-state index contributed by atoms with van der Waals surface area (Å²) in [6.45, 7) is 4.13. The molecule has 0 bridgehead atoms. The quantitative estimate of drug-likeness (QED) is 0.549. The van der Waals surface area contributed by atoms with Crippen LogP contribution in [-0.4, -0.2) is 52.4 Å². The molecule has 1 amide bonds. The number of hydrogen-bond acceptors (Lipinski definition) is 6. The Hall–Kier alpha value is -2.94. The molecule has 3 aromatic rings. The van der Waals surface area contributed by atoms with Crippen molar-refractivity contribution in [3.8, 4) is 5.75 Å². The fourth-order valence-electron chi connectivity index (χ4n) is 6.14. The van der Waals surface area contributed by atoms with Crippen molar-refractivity contribution in [1.29, 1.82) is 0 Å². The Morgan fingerprint density at radius 2 is 1.94 bits per heavy atom. The number of aliphatic hydroxyl groups is 1. The number of nitrogens with zero attached hydrogens (tertiary/aromatic N) is 3. The van der Waals surface area contributed by atoms with Crippen molar-refractivity contribution in [2.24, 2.45) is 0 Å². The van der Waals surface area contributed by atoms with Gasteiger partial charge in [0, 0.05) is 22.8 Å². The first-order valence-corrected chi connectivity index (χ1v) is 12.8. The van der Waals surface area contributed by atoms with Crippen molar-refractivity contribution in [3.63, 3.8) is 0 Å². The number of carbonyl (C=O) groups excluding carboxylic acids is 1. The summed E-state index contributed by atoms with van der Waals surface area (Å²) in [4.78, 5) is 32.3. The second-order valence-corrected chi connectivity index (χ2v) is 10.9. The number of anilines is 1. The molecule has 0 unspecified atom stereocenters. The highest BCUT2D eigenvalue weighted by molar-refractivity contribution is 6.31. The molecule has 188 valence electrons. The van der Waals surface area contributed by atoms with E-state index in [1.807, 2.05) is 41.3 Å². The third-order valence-electron chi connectivity index (χ3n) is 7.93. The van der Waals surface area contributed by atoms with Crippen molar-refractivity contribution in [3.05, 3.63) is 63.5 Å². The molecule has 6 rings (SSSR count). The molecule has 2 fully saturated rings. The molecule has 3 heterocycles. The van der Waals surface area contributed by atoms with Crippen LogP contribution in [0.3, 0.4) is 0 Å². The highest BCUT2D eigenvalue weighted by Crippen LogP contribution is 2.48. The Labute approximate surface area is 213 Å². The Morgan fingerprint density at radius 1 is 1.17 bits per heavy atom. The average Bonchev–Trinajstić information content (AvgIpc) is 3.05. The summed E-state index contributed by atoms with van der Waals surface area (Å²) in [6, 6.07) is 11.1. The van der Waals surface area contributed by atoms with E-state index in [0.29, 0.717) is 42.3 Å². The number of hydrogen-bond donors (Lipinski definition) is 2. The van der Waals surface area contributed by atoms with Crippen LogP contribution in [0.15, 0.2) is 47.4 Å². The Bertz CT molecular complexity index is 1400. The molecule has 2 N–H and O–H groups in total. The monoisotopic (exact) mass is 508 g/mol. The lowest BCUT2D eigenvalue weighted by Crippen LogP contribution is -2.48. The predicted molar refractivity (Wildman–Crippen MR) is 138 cm³/mol. The fraction of sp³-hybridized carbons (Fsp3) is 0.444. The standard InChI is InChI=1S/C27H29ClN4O4/c1-26(35)14-18(15-26)32-23-5-3-19(13-21(23)30-16-24(32)33)36-11-10-31-22-4-2-17(28)12-20(22)27(25(31)34)6-8-29-9-7-27/h2-5,12-13,16,18,29,35H,6-11,14-15H2,1H3. The van der Waals surface area contributed by atoms with Crippen LogP contribution in [0.1, 0.15) is 44.2 Å². The third kappa shape index (κ3) is 3.79. The molecule has 0 radical (unpaired) electrons. The van der Waals surface area contributed by atoms with Crippen LogP contribution in [0.2, 0.25) is 5.02 Å². The third-order valence-corrected chi connectivity index (χ3v) is 8.17. The number of ether oxygens (including phenoxy) is 1. The van der Waals surface area contributed by atoms with E-state index in [0.717, 1.165) is 42.7 Å². The van der Waals surface area contributed by atoms with Gasteiger partial charge in [-0.1, -0.05) is 11.6 Å². The second-order valence-electron chi connectivity index (χ2n) is 10.5. The minimum absolute atomic E-state index is 0.0400. The van der Waals surface area contributed by atoms with Crippen LogP contribution in [-0.2, 0) is 10.2 Å². The van der Waals surface area contributed by atoms with Crippen LogP contribution >= 0.6 is 11.6 Å². The lowest BCUT2D eigenvalue weighted by atomic mass is 9.74. The summed E-state index contributed by atoms with van der Waals surface area (Å²) in [5.41, 5.74) is 1.89. The highest BCUT2D eigenvalue weighted by Gasteiger charge is 2.51. The van der Waals surface area contributed by atoms with Crippen molar-refractivity contribution in [2.45, 2.75) is 49.7 Å². The van der Waals surface area contributed by atoms with Gasteiger partial charge in [-0.25, -0.2) is 4.98 Å². The van der Waals surface area contributed by atoms with Crippen molar-refractivity contribution in [1.82, 2.24) is 14.9 Å². The van der Waals surface area contributed by atoms with E-state index in [4.69, 9.17) is 16.3 Å². The van der Waals surface area contributed by atoms with Crippen molar-refractivity contribution < 1.29 is 14.6 Å². The van der Waals surface area contributed by atoms with E-state index in [1.165, 1.54) is 6.20 Å². The maximum Gasteiger partial charge on any atom is 0.269 e. The number of benzene rings is 2. The largest absolute Gasteiger partial charge is 0.492 e. The van der Waals surface area contributed by atoms with Crippen molar-refractivity contribution in [2.75, 3.05) is 31.1 Å². The van der Waals surface area contributed by atoms with Crippen LogP contribution in [0.4, 0.5) is 5.69 Å². The minimum Gasteiger partial charge on any atom is -0.492 e. The van der Waals surface area contributed by atoms with Gasteiger partial charge in [0.15, 0.2) is 0 Å². The van der Waals surface area contributed by atoms with Crippen LogP contribution in [0.25, 0.3) is 11.0 Å². The number of amides is 1. The first kappa shape index (κ1) is 23.5. The minimum atomic E-state index is -0.730. The smallest absolute Gasteiger partial charge is 0.269 e. The molecule has 3 aliphatic rings. The van der Waals surface area contributed by atoms with Gasteiger partial charge in [-0.3, -0.25) is 9.59 Å². The van der Waals surface area contributed by atoms with Gasteiger partial charge in [0.25, 0.3) is 5.56 Å². The summed E-state index contributed by atoms with van der Waals surface area (Å²) in [6.07, 6.45) is 3.91. The molecule has 1 saturated carbocycles. The van der Waals surface area contributed by atoms with E-state index < -0.39 is 11.0 Å². The summed E-state index contributed by atoms with van der Waals surface area (Å²) < 4.78 is 7.76. The van der Waals surface area contributed by atoms with E-state index in [-0.39, 0.29) is 17.5 Å². The molecule has 0 atom stereocenters. The number of rotatable bonds is 5. The molecular formula is C27H29ClN4O4. The van der Waals surface area contributed by atoms with Gasteiger partial charge >= 0.3 is 0 Å². The summed E-state index contributed by atoms with van der Waals surface area (Å²) >= 11 is 6.31. The zero-order chi connectivity index (χ0) is 25.1. The van der Waals surface area contributed by atoms with Gasteiger partial charge in [0.05, 0.1) is 34.8 Å². The number of piperidine rings is 1. The number of carbonyl (C=O) groups is 1. The number of fused-ring (bicyclic) bond motifs is 3. The van der Waals surface area contributed by atoms with Gasteiger partial charge < -0.3 is 24.6 Å². The number of nitrogens with one attached hydrogen (secondary N) is 1. The predicted octanol–water partition coefficient (Wildman–Crippen LogP) is 3.18. The average molecular weight is 509 g/mol.